The second-order valence-electron chi connectivity index (χ2n) is 4.03. The summed E-state index contributed by atoms with van der Waals surface area (Å²) in [6.45, 7) is 0. The number of phenolic OH excluding ortho intramolecular Hbond substituents is 2. The summed E-state index contributed by atoms with van der Waals surface area (Å²) in [5.41, 5.74) is 1.46. The van der Waals surface area contributed by atoms with Gasteiger partial charge in [0.1, 0.15) is 11.5 Å². The summed E-state index contributed by atoms with van der Waals surface area (Å²) in [6, 6.07) is 8.93. The normalized spacial score (nSPS) is 9.40. The minimum atomic E-state index is -0.133. The fourth-order valence-corrected chi connectivity index (χ4v) is 1.59. The van der Waals surface area contributed by atoms with Gasteiger partial charge in [0.05, 0.1) is 11.1 Å². The molecular weight excluding hydrogens is 256 g/mol. The summed E-state index contributed by atoms with van der Waals surface area (Å²) in [4.78, 5) is 21.1. The standard InChI is InChI=1S/C16H10O4/c17-9-13-5-3-11(7-15(13)19)1-2-12-4-6-14(10-18)16(20)8-12/h3-10,19-20H. The molecule has 0 amide bonds. The molecule has 20 heavy (non-hydrogen) atoms. The molecule has 2 rings (SSSR count). The first-order valence-electron chi connectivity index (χ1n) is 5.72. The first-order valence-corrected chi connectivity index (χ1v) is 5.72. The fraction of sp³-hybridized carbons (Fsp3) is 0. The van der Waals surface area contributed by atoms with Crippen molar-refractivity contribution in [2.24, 2.45) is 0 Å². The molecule has 0 aliphatic heterocycles. The maximum Gasteiger partial charge on any atom is 0.153 e. The van der Waals surface area contributed by atoms with Crippen LogP contribution in [0.3, 0.4) is 0 Å². The Bertz CT molecular complexity index is 674. The molecule has 0 atom stereocenters. The zero-order valence-corrected chi connectivity index (χ0v) is 10.3. The molecule has 2 aromatic rings. The number of aldehydes is 2. The van der Waals surface area contributed by atoms with Crippen LogP contribution in [0.25, 0.3) is 0 Å². The number of hydrogen-bond donors (Lipinski definition) is 2. The largest absolute Gasteiger partial charge is 0.507 e. The van der Waals surface area contributed by atoms with Crippen LogP contribution in [-0.2, 0) is 0 Å². The molecule has 0 bridgehead atoms. The molecule has 0 heterocycles. The fourth-order valence-electron chi connectivity index (χ4n) is 1.59. The smallest absolute Gasteiger partial charge is 0.153 e. The summed E-state index contributed by atoms with van der Waals surface area (Å²) in [5, 5.41) is 19.0. The molecule has 98 valence electrons. The van der Waals surface area contributed by atoms with Crippen molar-refractivity contribution in [3.05, 3.63) is 58.7 Å². The van der Waals surface area contributed by atoms with Crippen LogP contribution in [0.5, 0.6) is 11.5 Å². The highest BCUT2D eigenvalue weighted by Crippen LogP contribution is 2.18. The molecule has 0 fully saturated rings. The lowest BCUT2D eigenvalue weighted by Crippen LogP contribution is -1.84. The maximum absolute atomic E-state index is 10.6. The van der Waals surface area contributed by atoms with Crippen LogP contribution in [-0.4, -0.2) is 22.8 Å². The van der Waals surface area contributed by atoms with Gasteiger partial charge in [-0.05, 0) is 36.4 Å². The number of hydrogen-bond acceptors (Lipinski definition) is 4. The van der Waals surface area contributed by atoms with Gasteiger partial charge in [-0.15, -0.1) is 0 Å². The second-order valence-corrected chi connectivity index (χ2v) is 4.03. The lowest BCUT2D eigenvalue weighted by Gasteiger charge is -1.98. The highest BCUT2D eigenvalue weighted by molar-refractivity contribution is 5.80. The molecule has 4 heteroatoms. The van der Waals surface area contributed by atoms with Crippen LogP contribution in [0.15, 0.2) is 36.4 Å². The van der Waals surface area contributed by atoms with Crippen LogP contribution in [0.2, 0.25) is 0 Å². The van der Waals surface area contributed by atoms with E-state index in [1.165, 1.54) is 24.3 Å². The number of benzene rings is 2. The van der Waals surface area contributed by atoms with Crippen molar-refractivity contribution in [2.45, 2.75) is 0 Å². The first-order chi connectivity index (χ1) is 9.63. The lowest BCUT2D eigenvalue weighted by atomic mass is 10.1. The Morgan fingerprint density at radius 1 is 0.750 bits per heavy atom. The highest BCUT2D eigenvalue weighted by Gasteiger charge is 2.01. The van der Waals surface area contributed by atoms with Gasteiger partial charge in [0.15, 0.2) is 12.6 Å². The molecule has 0 aliphatic carbocycles. The molecule has 4 nitrogen and oxygen atoms in total. The van der Waals surface area contributed by atoms with Gasteiger partial charge in [-0.3, -0.25) is 9.59 Å². The van der Waals surface area contributed by atoms with E-state index in [9.17, 15) is 19.8 Å². The third-order valence-corrected chi connectivity index (χ3v) is 2.67. The molecule has 0 aromatic heterocycles. The van der Waals surface area contributed by atoms with Gasteiger partial charge in [-0.2, -0.15) is 0 Å². The van der Waals surface area contributed by atoms with E-state index in [0.717, 1.165) is 0 Å². The van der Waals surface area contributed by atoms with Gasteiger partial charge in [-0.25, -0.2) is 0 Å². The van der Waals surface area contributed by atoms with Crippen molar-refractivity contribution in [3.63, 3.8) is 0 Å². The predicted octanol–water partition coefficient (Wildman–Crippen LogP) is 2.12. The van der Waals surface area contributed by atoms with E-state index in [0.29, 0.717) is 23.7 Å². The van der Waals surface area contributed by atoms with Gasteiger partial charge < -0.3 is 10.2 Å². The van der Waals surface area contributed by atoms with Crippen molar-refractivity contribution in [3.8, 4) is 23.3 Å². The predicted molar refractivity (Wildman–Crippen MR) is 73.0 cm³/mol. The molecular formula is C16H10O4. The molecule has 0 aliphatic rings. The molecule has 0 unspecified atom stereocenters. The number of carbonyl (C=O) groups is 2. The van der Waals surface area contributed by atoms with E-state index >= 15 is 0 Å². The SMILES string of the molecule is O=Cc1ccc(C#Cc2ccc(C=O)c(O)c2)cc1O. The van der Waals surface area contributed by atoms with Crippen LogP contribution >= 0.6 is 0 Å². The minimum absolute atomic E-state index is 0.133. The van der Waals surface area contributed by atoms with Crippen molar-refractivity contribution in [2.75, 3.05) is 0 Å². The lowest BCUT2D eigenvalue weighted by molar-refractivity contribution is 0.111. The Morgan fingerprint density at radius 2 is 1.15 bits per heavy atom. The van der Waals surface area contributed by atoms with Gasteiger partial charge in [-0.1, -0.05) is 11.8 Å². The van der Waals surface area contributed by atoms with Gasteiger partial charge in [0.25, 0.3) is 0 Å². The topological polar surface area (TPSA) is 74.6 Å². The summed E-state index contributed by atoms with van der Waals surface area (Å²) >= 11 is 0. The Balaban J connectivity index is 2.31. The molecule has 0 saturated carbocycles. The third-order valence-electron chi connectivity index (χ3n) is 2.67. The Labute approximate surface area is 115 Å². The summed E-state index contributed by atoms with van der Waals surface area (Å²) in [5.74, 6) is 5.32. The maximum atomic E-state index is 10.6. The van der Waals surface area contributed by atoms with E-state index in [2.05, 4.69) is 11.8 Å². The minimum Gasteiger partial charge on any atom is -0.507 e. The Hall–Kier alpha value is -3.06. The molecule has 0 spiro atoms. The zero-order chi connectivity index (χ0) is 14.5. The Morgan fingerprint density at radius 3 is 1.45 bits per heavy atom. The average molecular weight is 266 g/mol. The van der Waals surface area contributed by atoms with Crippen LogP contribution in [0, 0.1) is 11.8 Å². The van der Waals surface area contributed by atoms with Crippen molar-refractivity contribution < 1.29 is 19.8 Å². The van der Waals surface area contributed by atoms with Gasteiger partial charge in [0.2, 0.25) is 0 Å². The zero-order valence-electron chi connectivity index (χ0n) is 10.3. The first kappa shape index (κ1) is 13.4. The van der Waals surface area contributed by atoms with E-state index < -0.39 is 0 Å². The van der Waals surface area contributed by atoms with Crippen LogP contribution < -0.4 is 0 Å². The number of rotatable bonds is 2. The highest BCUT2D eigenvalue weighted by atomic mass is 16.3. The van der Waals surface area contributed by atoms with Crippen LogP contribution in [0.1, 0.15) is 31.8 Å². The van der Waals surface area contributed by atoms with Gasteiger partial charge >= 0.3 is 0 Å². The molecule has 0 radical (unpaired) electrons. The molecule has 2 N–H and O–H groups in total. The van der Waals surface area contributed by atoms with Crippen molar-refractivity contribution in [1.82, 2.24) is 0 Å². The molecule has 0 saturated heterocycles. The summed E-state index contributed by atoms with van der Waals surface area (Å²) < 4.78 is 0. The van der Waals surface area contributed by atoms with E-state index in [1.807, 2.05) is 0 Å². The monoisotopic (exact) mass is 266 g/mol. The third kappa shape index (κ3) is 2.85. The number of carbonyl (C=O) groups excluding carboxylic acids is 2. The molecule has 2 aromatic carbocycles. The van der Waals surface area contributed by atoms with E-state index in [1.54, 1.807) is 12.1 Å². The quantitative estimate of drug-likeness (QED) is 0.645. The number of phenols is 2. The average Bonchev–Trinajstić information content (AvgIpc) is 2.45. The Kier molecular flexibility index (Phi) is 3.82. The summed E-state index contributed by atoms with van der Waals surface area (Å²) in [7, 11) is 0. The van der Waals surface area contributed by atoms with Gasteiger partial charge in [0, 0.05) is 11.1 Å². The van der Waals surface area contributed by atoms with E-state index in [4.69, 9.17) is 0 Å². The van der Waals surface area contributed by atoms with Crippen molar-refractivity contribution >= 4 is 12.6 Å². The van der Waals surface area contributed by atoms with E-state index in [-0.39, 0.29) is 22.6 Å². The van der Waals surface area contributed by atoms with Crippen molar-refractivity contribution in [1.29, 1.82) is 0 Å². The van der Waals surface area contributed by atoms with Crippen LogP contribution in [0.4, 0.5) is 0 Å². The number of aromatic hydroxyl groups is 2. The second kappa shape index (κ2) is 5.72. The summed E-state index contributed by atoms with van der Waals surface area (Å²) in [6.07, 6.45) is 1.12.